The molecule has 2 atom stereocenters. The third kappa shape index (κ3) is 5.24. The molecule has 0 aliphatic carbocycles. The molecule has 184 valence electrons. The fourth-order valence-corrected chi connectivity index (χ4v) is 6.26. The van der Waals surface area contributed by atoms with Crippen molar-refractivity contribution in [1.29, 1.82) is 0 Å². The number of amides is 1. The smallest absolute Gasteiger partial charge is 0.227 e. The molecule has 9 heteroatoms. The highest BCUT2D eigenvalue weighted by Gasteiger charge is 2.41. The number of hydrogen-bond donors (Lipinski definition) is 0. The van der Waals surface area contributed by atoms with Gasteiger partial charge in [-0.3, -0.25) is 4.79 Å². The minimum absolute atomic E-state index is 0.0375. The summed E-state index contributed by atoms with van der Waals surface area (Å²) in [7, 11) is -3.42. The van der Waals surface area contributed by atoms with E-state index in [0.29, 0.717) is 44.2 Å². The number of nitrogens with zero attached hydrogens (tertiary/aromatic N) is 3. The molecule has 4 rings (SSSR count). The zero-order valence-corrected chi connectivity index (χ0v) is 21.4. The highest BCUT2D eigenvalue weighted by Crippen LogP contribution is 2.37. The van der Waals surface area contributed by atoms with Crippen LogP contribution >= 0.6 is 11.6 Å². The summed E-state index contributed by atoms with van der Waals surface area (Å²) in [6, 6.07) is 10.4. The van der Waals surface area contributed by atoms with Crippen molar-refractivity contribution in [3.8, 4) is 0 Å². The van der Waals surface area contributed by atoms with Crippen molar-refractivity contribution in [2.75, 3.05) is 50.4 Å². The Hall–Kier alpha value is -2.16. The van der Waals surface area contributed by atoms with E-state index in [1.807, 2.05) is 36.9 Å². The van der Waals surface area contributed by atoms with Crippen LogP contribution in [0.5, 0.6) is 0 Å². The van der Waals surface area contributed by atoms with Crippen LogP contribution in [0.1, 0.15) is 29.0 Å². The van der Waals surface area contributed by atoms with E-state index >= 15 is 0 Å². The Morgan fingerprint density at radius 3 is 2.35 bits per heavy atom. The van der Waals surface area contributed by atoms with Crippen LogP contribution in [-0.4, -0.2) is 69.1 Å². The molecule has 6 nitrogen and oxygen atoms in total. The number of carbonyl (C=O) groups excluding carboxylic acids is 1. The number of hydrogen-bond acceptors (Lipinski definition) is 4. The predicted octanol–water partition coefficient (Wildman–Crippen LogP) is 3.81. The van der Waals surface area contributed by atoms with Crippen LogP contribution in [-0.2, 0) is 14.8 Å². The van der Waals surface area contributed by atoms with Gasteiger partial charge in [-0.2, -0.15) is 0 Å². The summed E-state index contributed by atoms with van der Waals surface area (Å²) in [6.07, 6.45) is 1.71. The Morgan fingerprint density at radius 2 is 1.71 bits per heavy atom. The van der Waals surface area contributed by atoms with Crippen molar-refractivity contribution in [2.24, 2.45) is 5.92 Å². The van der Waals surface area contributed by atoms with Gasteiger partial charge in [0.25, 0.3) is 0 Å². The second-order valence-corrected chi connectivity index (χ2v) is 11.8. The van der Waals surface area contributed by atoms with Crippen molar-refractivity contribution in [3.05, 3.63) is 63.9 Å². The quantitative estimate of drug-likeness (QED) is 0.631. The lowest BCUT2D eigenvalue weighted by Crippen LogP contribution is -2.54. The van der Waals surface area contributed by atoms with E-state index in [2.05, 4.69) is 4.90 Å². The summed E-state index contributed by atoms with van der Waals surface area (Å²) in [5, 5.41) is 0.680. The largest absolute Gasteiger partial charge is 0.368 e. The normalized spacial score (nSPS) is 22.1. The number of piperidine rings is 1. The SMILES string of the molecule is Cc1cc(F)ccc1[C@@H]1CCN(S(C)(=O)=O)C[C@@H]1C(=O)N1CCN(c2cc(Cl)ccc2C)CC1. The average molecular weight is 508 g/mol. The average Bonchev–Trinajstić information content (AvgIpc) is 2.79. The van der Waals surface area contributed by atoms with Crippen molar-refractivity contribution >= 4 is 33.2 Å². The van der Waals surface area contributed by atoms with Gasteiger partial charge in [0.05, 0.1) is 12.2 Å². The van der Waals surface area contributed by atoms with E-state index in [1.165, 1.54) is 22.7 Å². The molecule has 0 aromatic heterocycles. The van der Waals surface area contributed by atoms with Gasteiger partial charge in [-0.15, -0.1) is 0 Å². The molecule has 34 heavy (non-hydrogen) atoms. The first-order valence-electron chi connectivity index (χ1n) is 11.6. The van der Waals surface area contributed by atoms with Crippen molar-refractivity contribution in [2.45, 2.75) is 26.2 Å². The fraction of sp³-hybridized carbons (Fsp3) is 0.480. The maximum Gasteiger partial charge on any atom is 0.227 e. The van der Waals surface area contributed by atoms with E-state index in [4.69, 9.17) is 11.6 Å². The van der Waals surface area contributed by atoms with Gasteiger partial charge in [0.1, 0.15) is 5.82 Å². The molecule has 1 amide bonds. The van der Waals surface area contributed by atoms with E-state index in [0.717, 1.165) is 22.4 Å². The fourth-order valence-electron chi connectivity index (χ4n) is 5.23. The van der Waals surface area contributed by atoms with Crippen LogP contribution in [0, 0.1) is 25.6 Å². The molecular weight excluding hydrogens is 477 g/mol. The molecule has 0 bridgehead atoms. The number of benzene rings is 2. The van der Waals surface area contributed by atoms with Crippen LogP contribution in [0.15, 0.2) is 36.4 Å². The van der Waals surface area contributed by atoms with Gasteiger partial charge in [0, 0.05) is 50.0 Å². The third-order valence-corrected chi connectivity index (χ3v) is 8.60. The monoisotopic (exact) mass is 507 g/mol. The molecule has 2 aromatic carbocycles. The Kier molecular flexibility index (Phi) is 7.22. The Labute approximate surface area is 206 Å². The lowest BCUT2D eigenvalue weighted by molar-refractivity contribution is -0.137. The van der Waals surface area contributed by atoms with E-state index in [1.54, 1.807) is 6.07 Å². The number of sulfonamides is 1. The lowest BCUT2D eigenvalue weighted by Gasteiger charge is -2.42. The summed E-state index contributed by atoms with van der Waals surface area (Å²) < 4.78 is 39.7. The van der Waals surface area contributed by atoms with Gasteiger partial charge in [-0.25, -0.2) is 17.1 Å². The second-order valence-electron chi connectivity index (χ2n) is 9.37. The molecule has 0 spiro atoms. The third-order valence-electron chi connectivity index (χ3n) is 7.10. The maximum absolute atomic E-state index is 13.7. The molecule has 0 radical (unpaired) electrons. The van der Waals surface area contributed by atoms with Gasteiger partial charge in [-0.05, 0) is 67.1 Å². The zero-order valence-electron chi connectivity index (χ0n) is 19.8. The molecule has 0 saturated carbocycles. The van der Waals surface area contributed by atoms with Gasteiger partial charge in [0.2, 0.25) is 15.9 Å². The number of carbonyl (C=O) groups is 1. The Bertz CT molecular complexity index is 1180. The molecular formula is C25H31ClFN3O3S. The van der Waals surface area contributed by atoms with Crippen LogP contribution in [0.3, 0.4) is 0 Å². The standard InChI is InChI=1S/C25H31ClFN3O3S/c1-17-4-5-19(26)15-24(17)28-10-12-29(13-11-28)25(31)23-16-30(34(3,32)33)9-8-22(23)21-7-6-20(27)14-18(21)2/h4-7,14-15,22-23H,8-13,16H2,1-3H3/t22-,23-/m0/s1. The summed E-state index contributed by atoms with van der Waals surface area (Å²) in [4.78, 5) is 17.8. The number of piperazine rings is 1. The number of aryl methyl sites for hydroxylation is 2. The van der Waals surface area contributed by atoms with Crippen molar-refractivity contribution in [1.82, 2.24) is 9.21 Å². The topological polar surface area (TPSA) is 60.9 Å². The predicted molar refractivity (Wildman–Crippen MR) is 133 cm³/mol. The van der Waals surface area contributed by atoms with Gasteiger partial charge in [-0.1, -0.05) is 23.7 Å². The highest BCUT2D eigenvalue weighted by molar-refractivity contribution is 7.88. The van der Waals surface area contributed by atoms with Gasteiger partial charge < -0.3 is 9.80 Å². The molecule has 2 aromatic rings. The molecule has 2 saturated heterocycles. The summed E-state index contributed by atoms with van der Waals surface area (Å²) >= 11 is 6.20. The minimum Gasteiger partial charge on any atom is -0.368 e. The molecule has 0 unspecified atom stereocenters. The van der Waals surface area contributed by atoms with Crippen molar-refractivity contribution < 1.29 is 17.6 Å². The summed E-state index contributed by atoms with van der Waals surface area (Å²) in [6.45, 7) is 6.84. The van der Waals surface area contributed by atoms with Crippen LogP contribution in [0.25, 0.3) is 0 Å². The van der Waals surface area contributed by atoms with Crippen molar-refractivity contribution in [3.63, 3.8) is 0 Å². The highest BCUT2D eigenvalue weighted by atomic mass is 35.5. The van der Waals surface area contributed by atoms with E-state index in [-0.39, 0.29) is 24.2 Å². The summed E-state index contributed by atoms with van der Waals surface area (Å²) in [5.41, 5.74) is 3.91. The van der Waals surface area contributed by atoms with E-state index < -0.39 is 15.9 Å². The zero-order chi connectivity index (χ0) is 24.6. The first-order valence-corrected chi connectivity index (χ1v) is 13.8. The Morgan fingerprint density at radius 1 is 1.00 bits per heavy atom. The van der Waals surface area contributed by atoms with Crippen LogP contribution < -0.4 is 4.90 Å². The molecule has 2 fully saturated rings. The van der Waals surface area contributed by atoms with Gasteiger partial charge in [0.15, 0.2) is 0 Å². The maximum atomic E-state index is 13.7. The molecule has 2 heterocycles. The molecule has 2 aliphatic heterocycles. The van der Waals surface area contributed by atoms with Gasteiger partial charge >= 0.3 is 0 Å². The van der Waals surface area contributed by atoms with E-state index in [9.17, 15) is 17.6 Å². The number of rotatable bonds is 4. The lowest BCUT2D eigenvalue weighted by atomic mass is 9.78. The first kappa shape index (κ1) is 24.9. The number of anilines is 1. The molecule has 2 aliphatic rings. The second kappa shape index (κ2) is 9.84. The minimum atomic E-state index is -3.42. The Balaban J connectivity index is 1.55. The number of halogens is 2. The summed E-state index contributed by atoms with van der Waals surface area (Å²) in [5.74, 6) is -1.01. The van der Waals surface area contributed by atoms with Crippen LogP contribution in [0.4, 0.5) is 10.1 Å². The van der Waals surface area contributed by atoms with Crippen LogP contribution in [0.2, 0.25) is 5.02 Å². The first-order chi connectivity index (χ1) is 16.0. The molecule has 0 N–H and O–H groups in total.